The molecule has 1 saturated heterocycles. The van der Waals surface area contributed by atoms with E-state index in [9.17, 15) is 8.78 Å². The molecule has 0 aliphatic carbocycles. The fraction of sp³-hybridized carbons (Fsp3) is 0.389. The number of anilines is 2. The van der Waals surface area contributed by atoms with Gasteiger partial charge < -0.3 is 15.4 Å². The van der Waals surface area contributed by atoms with Crippen molar-refractivity contribution in [2.75, 3.05) is 30.3 Å². The van der Waals surface area contributed by atoms with Gasteiger partial charge in [-0.25, -0.2) is 13.8 Å². The fourth-order valence-corrected chi connectivity index (χ4v) is 3.05. The van der Waals surface area contributed by atoms with Crippen LogP contribution in [-0.4, -0.2) is 30.8 Å². The molecule has 2 heterocycles. The summed E-state index contributed by atoms with van der Waals surface area (Å²) >= 11 is 5.78. The maximum atomic E-state index is 14.6. The lowest BCUT2D eigenvalue weighted by Crippen LogP contribution is -2.44. The number of aromatic nitrogens is 1. The molecule has 2 N–H and O–H groups in total. The van der Waals surface area contributed by atoms with E-state index in [0.717, 1.165) is 5.69 Å². The lowest BCUT2D eigenvalue weighted by atomic mass is 10.0. The van der Waals surface area contributed by atoms with Crippen molar-refractivity contribution in [2.24, 2.45) is 5.92 Å². The van der Waals surface area contributed by atoms with Crippen molar-refractivity contribution < 1.29 is 13.5 Å². The Bertz CT molecular complexity index is 785. The Hall–Kier alpha value is -1.92. The van der Waals surface area contributed by atoms with Crippen LogP contribution in [0.5, 0.6) is 0 Å². The summed E-state index contributed by atoms with van der Waals surface area (Å²) in [5.41, 5.74) is 6.30. The lowest BCUT2D eigenvalue weighted by Gasteiger charge is -2.36. The number of halogens is 3. The van der Waals surface area contributed by atoms with E-state index in [1.807, 2.05) is 0 Å². The van der Waals surface area contributed by atoms with E-state index in [2.05, 4.69) is 23.7 Å². The van der Waals surface area contributed by atoms with Crippen molar-refractivity contribution >= 4 is 23.1 Å². The van der Waals surface area contributed by atoms with E-state index in [1.54, 1.807) is 6.07 Å². The van der Waals surface area contributed by atoms with Gasteiger partial charge in [0.05, 0.1) is 12.7 Å². The molecule has 0 amide bonds. The van der Waals surface area contributed by atoms with Crippen LogP contribution in [0.1, 0.15) is 13.8 Å². The Balaban J connectivity index is 1.90. The second-order valence-electron chi connectivity index (χ2n) is 6.45. The minimum atomic E-state index is -0.771. The Morgan fingerprint density at radius 2 is 2.08 bits per heavy atom. The minimum Gasteiger partial charge on any atom is -0.382 e. The smallest absolute Gasteiger partial charge is 0.155 e. The molecule has 1 aliphatic rings. The van der Waals surface area contributed by atoms with Crippen LogP contribution in [0.4, 0.5) is 20.3 Å². The molecule has 0 saturated carbocycles. The van der Waals surface area contributed by atoms with Crippen LogP contribution in [0, 0.1) is 17.6 Å². The van der Waals surface area contributed by atoms with Crippen molar-refractivity contribution in [3.8, 4) is 11.1 Å². The third-order valence-corrected chi connectivity index (χ3v) is 4.79. The molecule has 2 aromatic rings. The predicted molar refractivity (Wildman–Crippen MR) is 95.8 cm³/mol. The summed E-state index contributed by atoms with van der Waals surface area (Å²) in [4.78, 5) is 5.89. The van der Waals surface area contributed by atoms with Crippen LogP contribution in [0.25, 0.3) is 11.1 Å². The topological polar surface area (TPSA) is 51.4 Å². The molecule has 0 bridgehead atoms. The predicted octanol–water partition coefficient (Wildman–Crippen LogP) is 4.12. The molecule has 0 unspecified atom stereocenters. The number of nitrogens with two attached hydrogens (primary N) is 1. The van der Waals surface area contributed by atoms with Gasteiger partial charge >= 0.3 is 0 Å². The van der Waals surface area contributed by atoms with Crippen molar-refractivity contribution in [2.45, 2.75) is 20.0 Å². The third kappa shape index (κ3) is 3.55. The van der Waals surface area contributed by atoms with Gasteiger partial charge in [0.15, 0.2) is 5.82 Å². The van der Waals surface area contributed by atoms with E-state index in [-0.39, 0.29) is 28.1 Å². The standard InChI is InChI=1S/C18H20ClF2N3O/c1-10(2)15-9-24(5-6-25-15)11-3-4-12(14(20)7-11)13-8-23-18(22)16(19)17(13)21/h3-4,7-8,10,15H,5-6,9H2,1-2H3,(H2,22,23)/t15-/m1/s1. The summed E-state index contributed by atoms with van der Waals surface area (Å²) in [6.07, 6.45) is 1.30. The number of hydrogen-bond acceptors (Lipinski definition) is 4. The molecule has 0 radical (unpaired) electrons. The Kier molecular flexibility index (Phi) is 5.11. The molecule has 0 spiro atoms. The summed E-state index contributed by atoms with van der Waals surface area (Å²) in [6, 6.07) is 4.71. The van der Waals surface area contributed by atoms with Crippen LogP contribution >= 0.6 is 11.6 Å². The number of nitrogens with zero attached hydrogens (tertiary/aromatic N) is 2. The molecule has 3 rings (SSSR count). The van der Waals surface area contributed by atoms with Gasteiger partial charge in [0.1, 0.15) is 16.7 Å². The Labute approximate surface area is 150 Å². The van der Waals surface area contributed by atoms with Gasteiger partial charge in [-0.2, -0.15) is 0 Å². The molecule has 134 valence electrons. The zero-order valence-electron chi connectivity index (χ0n) is 14.1. The minimum absolute atomic E-state index is 0.00900. The Morgan fingerprint density at radius 3 is 2.76 bits per heavy atom. The number of benzene rings is 1. The summed E-state index contributed by atoms with van der Waals surface area (Å²) in [5, 5.41) is -0.297. The van der Waals surface area contributed by atoms with Gasteiger partial charge in [0.2, 0.25) is 0 Å². The van der Waals surface area contributed by atoms with Crippen molar-refractivity contribution in [1.29, 1.82) is 0 Å². The second-order valence-corrected chi connectivity index (χ2v) is 6.83. The highest BCUT2D eigenvalue weighted by atomic mass is 35.5. The second kappa shape index (κ2) is 7.14. The van der Waals surface area contributed by atoms with Gasteiger partial charge in [0, 0.05) is 36.1 Å². The average Bonchev–Trinajstić information content (AvgIpc) is 2.60. The summed E-state index contributed by atoms with van der Waals surface area (Å²) in [5.74, 6) is -1.05. The molecule has 4 nitrogen and oxygen atoms in total. The first-order valence-corrected chi connectivity index (χ1v) is 8.52. The summed E-state index contributed by atoms with van der Waals surface area (Å²) < 4.78 is 34.6. The molecule has 1 aromatic carbocycles. The zero-order valence-corrected chi connectivity index (χ0v) is 14.9. The van der Waals surface area contributed by atoms with Crippen molar-refractivity contribution in [3.05, 3.63) is 41.1 Å². The average molecular weight is 368 g/mol. The number of nitrogen functional groups attached to an aromatic ring is 1. The van der Waals surface area contributed by atoms with Crippen LogP contribution in [0.15, 0.2) is 24.4 Å². The van der Waals surface area contributed by atoms with Gasteiger partial charge in [-0.05, 0) is 24.1 Å². The normalized spacial score (nSPS) is 18.0. The quantitative estimate of drug-likeness (QED) is 0.886. The number of hydrogen-bond donors (Lipinski definition) is 1. The first kappa shape index (κ1) is 17.9. The number of rotatable bonds is 3. The highest BCUT2D eigenvalue weighted by molar-refractivity contribution is 6.33. The van der Waals surface area contributed by atoms with Crippen molar-refractivity contribution in [3.63, 3.8) is 0 Å². The van der Waals surface area contributed by atoms with Crippen molar-refractivity contribution in [1.82, 2.24) is 4.98 Å². The molecule has 25 heavy (non-hydrogen) atoms. The van der Waals surface area contributed by atoms with Crippen LogP contribution in [0.3, 0.4) is 0 Å². The third-order valence-electron chi connectivity index (χ3n) is 4.43. The van der Waals surface area contributed by atoms with Crippen LogP contribution in [0.2, 0.25) is 5.02 Å². The number of ether oxygens (including phenoxy) is 1. The molecule has 1 fully saturated rings. The van der Waals surface area contributed by atoms with E-state index in [0.29, 0.717) is 25.6 Å². The van der Waals surface area contributed by atoms with Gasteiger partial charge in [-0.3, -0.25) is 0 Å². The van der Waals surface area contributed by atoms with Crippen LogP contribution < -0.4 is 10.6 Å². The van der Waals surface area contributed by atoms with E-state index < -0.39 is 11.6 Å². The molecule has 1 atom stereocenters. The maximum Gasteiger partial charge on any atom is 0.155 e. The summed E-state index contributed by atoms with van der Waals surface area (Å²) in [7, 11) is 0. The SMILES string of the molecule is CC(C)[C@H]1CN(c2ccc(-c3cnc(N)c(Cl)c3F)c(F)c2)CCO1. The van der Waals surface area contributed by atoms with Gasteiger partial charge in [0.25, 0.3) is 0 Å². The van der Waals surface area contributed by atoms with E-state index in [1.165, 1.54) is 18.3 Å². The van der Waals surface area contributed by atoms with Gasteiger partial charge in [-0.15, -0.1) is 0 Å². The van der Waals surface area contributed by atoms with E-state index >= 15 is 0 Å². The highest BCUT2D eigenvalue weighted by Gasteiger charge is 2.24. The number of pyridine rings is 1. The molecule has 1 aliphatic heterocycles. The lowest BCUT2D eigenvalue weighted by molar-refractivity contribution is 0.0114. The fourth-order valence-electron chi connectivity index (χ4n) is 2.90. The maximum absolute atomic E-state index is 14.6. The van der Waals surface area contributed by atoms with Gasteiger partial charge in [-0.1, -0.05) is 25.4 Å². The first-order chi connectivity index (χ1) is 11.9. The summed E-state index contributed by atoms with van der Waals surface area (Å²) in [6.45, 7) is 6.17. The largest absolute Gasteiger partial charge is 0.382 e. The molecule has 1 aromatic heterocycles. The Morgan fingerprint density at radius 1 is 1.32 bits per heavy atom. The zero-order chi connectivity index (χ0) is 18.1. The number of morpholine rings is 1. The van der Waals surface area contributed by atoms with Crippen LogP contribution in [-0.2, 0) is 4.74 Å². The first-order valence-electron chi connectivity index (χ1n) is 8.14. The molecular formula is C18H20ClF2N3O. The molecular weight excluding hydrogens is 348 g/mol. The monoisotopic (exact) mass is 367 g/mol. The molecule has 7 heteroatoms. The van der Waals surface area contributed by atoms with E-state index in [4.69, 9.17) is 22.1 Å². The highest BCUT2D eigenvalue weighted by Crippen LogP contribution is 2.33.